The maximum atomic E-state index is 13.6. The minimum atomic E-state index is -4.43. The molecule has 0 unspecified atom stereocenters. The van der Waals surface area contributed by atoms with Gasteiger partial charge in [-0.2, -0.15) is 18.4 Å². The molecule has 0 spiro atoms. The molecular formula is C28H29F3N3O4PS2. The third-order valence-electron chi connectivity index (χ3n) is 6.56. The van der Waals surface area contributed by atoms with Crippen LogP contribution in [0.15, 0.2) is 36.4 Å². The number of thiophene rings is 1. The van der Waals surface area contributed by atoms with E-state index in [1.165, 1.54) is 11.3 Å². The summed E-state index contributed by atoms with van der Waals surface area (Å²) in [5, 5.41) is 16.4. The lowest BCUT2D eigenvalue weighted by Crippen LogP contribution is -2.32. The molecule has 2 heterocycles. The minimum absolute atomic E-state index is 0.0797. The highest BCUT2D eigenvalue weighted by molar-refractivity contribution is 7.91. The fourth-order valence-electron chi connectivity index (χ4n) is 4.50. The lowest BCUT2D eigenvalue weighted by molar-refractivity contribution is -0.126. The van der Waals surface area contributed by atoms with Gasteiger partial charge in [-0.1, -0.05) is 24.0 Å². The van der Waals surface area contributed by atoms with Crippen LogP contribution < -0.4 is 20.7 Å². The number of anilines is 2. The van der Waals surface area contributed by atoms with Crippen molar-refractivity contribution in [2.75, 3.05) is 48.6 Å². The van der Waals surface area contributed by atoms with Gasteiger partial charge in [0.05, 0.1) is 45.4 Å². The van der Waals surface area contributed by atoms with Crippen molar-refractivity contribution in [2.24, 2.45) is 0 Å². The van der Waals surface area contributed by atoms with Crippen molar-refractivity contribution in [3.63, 3.8) is 0 Å². The highest BCUT2D eigenvalue weighted by Gasteiger charge is 2.31. The number of hydrogen-bond acceptors (Lipinski definition) is 8. The number of nitrogens with one attached hydrogen (secondary N) is 2. The molecule has 2 N–H and O–H groups in total. The van der Waals surface area contributed by atoms with Crippen molar-refractivity contribution in [2.45, 2.75) is 31.5 Å². The predicted molar refractivity (Wildman–Crippen MR) is 159 cm³/mol. The summed E-state index contributed by atoms with van der Waals surface area (Å²) >= 11 is 1.17. The molecule has 1 aromatic heterocycles. The summed E-state index contributed by atoms with van der Waals surface area (Å²) in [5.41, 5.74) is 1.28. The molecule has 1 fully saturated rings. The molecule has 4 rings (SSSR count). The number of nitriles is 1. The van der Waals surface area contributed by atoms with E-state index in [1.54, 1.807) is 49.7 Å². The van der Waals surface area contributed by atoms with Crippen LogP contribution in [-0.2, 0) is 20.8 Å². The van der Waals surface area contributed by atoms with Gasteiger partial charge in [0.25, 0.3) is 0 Å². The lowest BCUT2D eigenvalue weighted by atomic mass is 10.1. The van der Waals surface area contributed by atoms with Crippen LogP contribution in [0, 0.1) is 23.2 Å². The smallest absolute Gasteiger partial charge is 0.393 e. The van der Waals surface area contributed by atoms with Crippen LogP contribution in [0.4, 0.5) is 24.5 Å². The zero-order valence-electron chi connectivity index (χ0n) is 22.5. The van der Waals surface area contributed by atoms with Crippen LogP contribution in [0.5, 0.6) is 5.75 Å². The fraction of sp³-hybridized carbons (Fsp3) is 0.393. The highest BCUT2D eigenvalue weighted by atomic mass is 32.2. The van der Waals surface area contributed by atoms with Crippen LogP contribution in [0.3, 0.4) is 0 Å². The molecule has 3 aromatic rings. The summed E-state index contributed by atoms with van der Waals surface area (Å²) in [4.78, 5) is 0.300. The van der Waals surface area contributed by atoms with Crippen molar-refractivity contribution in [1.29, 1.82) is 5.26 Å². The molecule has 2 aromatic carbocycles. The number of nitrogens with zero attached hydrogens (tertiary/aromatic N) is 1. The van der Waals surface area contributed by atoms with Gasteiger partial charge in [0.1, 0.15) is 28.8 Å². The first-order chi connectivity index (χ1) is 19.3. The number of ether oxygens (including phenoxy) is 1. The quantitative estimate of drug-likeness (QED) is 0.248. The molecule has 1 aliphatic rings. The van der Waals surface area contributed by atoms with Gasteiger partial charge in [0.2, 0.25) is 0 Å². The summed E-state index contributed by atoms with van der Waals surface area (Å²) in [5.74, 6) is 6.28. The Morgan fingerprint density at radius 3 is 2.54 bits per heavy atom. The molecule has 7 nitrogen and oxygen atoms in total. The Morgan fingerprint density at radius 1 is 1.15 bits per heavy atom. The average Bonchev–Trinajstić information content (AvgIpc) is 3.23. The zero-order valence-corrected chi connectivity index (χ0v) is 25.0. The summed E-state index contributed by atoms with van der Waals surface area (Å²) in [6.45, 7) is 3.12. The Morgan fingerprint density at radius 2 is 1.88 bits per heavy atom. The Bertz CT molecular complexity index is 1680. The molecule has 0 saturated carbocycles. The molecular weight excluding hydrogens is 594 g/mol. The van der Waals surface area contributed by atoms with E-state index in [2.05, 4.69) is 22.5 Å². The van der Waals surface area contributed by atoms with E-state index in [0.29, 0.717) is 50.2 Å². The third kappa shape index (κ3) is 8.19. The number of sulfone groups is 1. The standard InChI is InChI=1S/C28H29F3N3O4PS2/c1-39(2,35)20-8-9-23(25(17-20)38-14-12-32)33-13-4-7-26-22(18-28(29,30)31)21-5-3-6-24(27(21)40-26)34-19-10-15-41(36,37)16-11-19/h3,5-6,8-9,17,19,33-34H,10-11,13-16,18H2,1-2H3. The number of rotatable bonds is 8. The molecule has 0 amide bonds. The first-order valence-electron chi connectivity index (χ1n) is 12.8. The molecule has 13 heteroatoms. The minimum Gasteiger partial charge on any atom is -0.477 e. The van der Waals surface area contributed by atoms with Crippen molar-refractivity contribution in [3.8, 4) is 23.7 Å². The molecule has 1 aliphatic heterocycles. The van der Waals surface area contributed by atoms with Gasteiger partial charge in [-0.3, -0.25) is 0 Å². The topological polar surface area (TPSA) is 108 Å². The van der Waals surface area contributed by atoms with Gasteiger partial charge in [0, 0.05) is 11.3 Å². The predicted octanol–water partition coefficient (Wildman–Crippen LogP) is 5.61. The van der Waals surface area contributed by atoms with Gasteiger partial charge >= 0.3 is 6.18 Å². The molecule has 0 aliphatic carbocycles. The summed E-state index contributed by atoms with van der Waals surface area (Å²) in [7, 11) is -5.61. The van der Waals surface area contributed by atoms with Crippen LogP contribution in [0.2, 0.25) is 0 Å². The lowest BCUT2D eigenvalue weighted by Gasteiger charge is -2.24. The fourth-order valence-corrected chi connectivity index (χ4v) is 8.02. The Hall–Kier alpha value is -3.18. The van der Waals surface area contributed by atoms with Crippen LogP contribution in [0.25, 0.3) is 10.1 Å². The van der Waals surface area contributed by atoms with E-state index in [1.807, 2.05) is 6.07 Å². The largest absolute Gasteiger partial charge is 0.477 e. The van der Waals surface area contributed by atoms with Crippen molar-refractivity contribution in [3.05, 3.63) is 46.8 Å². The zero-order chi connectivity index (χ0) is 29.8. The van der Waals surface area contributed by atoms with E-state index in [4.69, 9.17) is 10.00 Å². The number of fused-ring (bicyclic) bond motifs is 1. The van der Waals surface area contributed by atoms with E-state index < -0.39 is 29.6 Å². The van der Waals surface area contributed by atoms with Crippen LogP contribution >= 0.6 is 18.5 Å². The average molecular weight is 624 g/mol. The molecule has 41 heavy (non-hydrogen) atoms. The number of hydrogen-bond donors (Lipinski definition) is 2. The summed E-state index contributed by atoms with van der Waals surface area (Å²) in [6.07, 6.45) is -4.69. The monoisotopic (exact) mass is 623 g/mol. The maximum Gasteiger partial charge on any atom is 0.393 e. The summed E-state index contributed by atoms with van der Waals surface area (Å²) < 4.78 is 82.9. The van der Waals surface area contributed by atoms with Gasteiger partial charge in [-0.15, -0.1) is 11.3 Å². The van der Waals surface area contributed by atoms with Crippen LogP contribution in [-0.4, -0.2) is 58.6 Å². The number of alkyl halides is 3. The number of benzene rings is 2. The normalized spacial score (nSPS) is 15.5. The van der Waals surface area contributed by atoms with Crippen molar-refractivity contribution < 1.29 is 30.9 Å². The molecule has 218 valence electrons. The van der Waals surface area contributed by atoms with Gasteiger partial charge in [-0.25, -0.2) is 8.42 Å². The Labute approximate surface area is 241 Å². The number of halogens is 3. The third-order valence-corrected chi connectivity index (χ3v) is 11.0. The second-order valence-corrected chi connectivity index (χ2v) is 16.6. The highest BCUT2D eigenvalue weighted by Crippen LogP contribution is 2.40. The SMILES string of the molecule is CP(C)(=O)c1ccc(NCC#Cc2sc3c(NC4CCS(=O)(=O)CC4)cccc3c2CC(F)(F)F)c(OCC#N)c1. The van der Waals surface area contributed by atoms with Crippen molar-refractivity contribution in [1.82, 2.24) is 0 Å². The first kappa shape index (κ1) is 30.8. The van der Waals surface area contributed by atoms with Gasteiger partial charge < -0.3 is 19.9 Å². The molecule has 0 radical (unpaired) electrons. The molecule has 0 atom stereocenters. The first-order valence-corrected chi connectivity index (χ1v) is 18.0. The van der Waals surface area contributed by atoms with Crippen molar-refractivity contribution >= 4 is 55.1 Å². The van der Waals surface area contributed by atoms with Crippen LogP contribution in [0.1, 0.15) is 23.3 Å². The van der Waals surface area contributed by atoms with Gasteiger partial charge in [-0.05, 0) is 61.4 Å². The summed E-state index contributed by atoms with van der Waals surface area (Å²) in [6, 6.07) is 11.9. The molecule has 0 bridgehead atoms. The van der Waals surface area contributed by atoms with Gasteiger partial charge in [0.15, 0.2) is 6.61 Å². The van der Waals surface area contributed by atoms with E-state index in [-0.39, 0.29) is 36.3 Å². The van der Waals surface area contributed by atoms with E-state index in [9.17, 15) is 26.2 Å². The van der Waals surface area contributed by atoms with E-state index in [0.717, 1.165) is 0 Å². The second kappa shape index (κ2) is 12.4. The maximum absolute atomic E-state index is 13.6. The Kier molecular flexibility index (Phi) is 9.28. The molecule has 1 saturated heterocycles. The van der Waals surface area contributed by atoms with E-state index >= 15 is 0 Å². The second-order valence-electron chi connectivity index (χ2n) is 10.1. The Balaban J connectivity index is 1.60.